The van der Waals surface area contributed by atoms with Crippen LogP contribution in [0.2, 0.25) is 0 Å². The van der Waals surface area contributed by atoms with Gasteiger partial charge in [-0.1, -0.05) is 6.07 Å². The molecule has 0 unspecified atom stereocenters. The van der Waals surface area contributed by atoms with Crippen LogP contribution < -0.4 is 10.9 Å². The number of aromatic nitrogens is 4. The smallest absolute Gasteiger partial charge is 0.255 e. The molecule has 0 radical (unpaired) electrons. The molecule has 0 fully saturated rings. The number of benzene rings is 1. The summed E-state index contributed by atoms with van der Waals surface area (Å²) in [7, 11) is 0. The number of rotatable bonds is 3. The number of carbonyl (C=O) groups is 1. The molecule has 24 heavy (non-hydrogen) atoms. The summed E-state index contributed by atoms with van der Waals surface area (Å²) in [5.41, 5.74) is 1.16. The topological polar surface area (TPSA) is 81.3 Å². The van der Waals surface area contributed by atoms with Gasteiger partial charge in [-0.25, -0.2) is 4.39 Å². The number of anilines is 1. The first-order valence-electron chi connectivity index (χ1n) is 7.35. The first-order valence-corrected chi connectivity index (χ1v) is 7.35. The number of aryl methyl sites for hydroxylation is 3. The van der Waals surface area contributed by atoms with Crippen LogP contribution in [-0.4, -0.2) is 25.1 Å². The molecule has 3 aromatic rings. The Balaban J connectivity index is 1.91. The van der Waals surface area contributed by atoms with Crippen LogP contribution in [0.1, 0.15) is 17.1 Å². The van der Waals surface area contributed by atoms with Crippen LogP contribution in [0.4, 0.5) is 10.1 Å². The monoisotopic (exact) mass is 329 g/mol. The molecule has 1 N–H and O–H groups in total. The largest absolute Gasteiger partial charge is 0.324 e. The highest BCUT2D eigenvalue weighted by atomic mass is 19.1. The van der Waals surface area contributed by atoms with Crippen molar-refractivity contribution in [2.45, 2.75) is 27.3 Å². The van der Waals surface area contributed by atoms with Crippen molar-refractivity contribution in [2.75, 3.05) is 5.32 Å². The lowest BCUT2D eigenvalue weighted by Gasteiger charge is -2.10. The molecular formula is C16H16FN5O2. The fraction of sp³-hybridized carbons (Fsp3) is 0.250. The zero-order chi connectivity index (χ0) is 17.4. The quantitative estimate of drug-likeness (QED) is 0.791. The second-order valence-electron chi connectivity index (χ2n) is 5.60. The summed E-state index contributed by atoms with van der Waals surface area (Å²) < 4.78 is 16.5. The predicted octanol–water partition coefficient (Wildman–Crippen LogP) is 1.59. The van der Waals surface area contributed by atoms with Crippen molar-refractivity contribution in [1.82, 2.24) is 19.2 Å². The maximum atomic E-state index is 13.5. The molecule has 1 aromatic carbocycles. The summed E-state index contributed by atoms with van der Waals surface area (Å²) >= 11 is 0. The molecular weight excluding hydrogens is 313 g/mol. The lowest BCUT2D eigenvalue weighted by atomic mass is 10.2. The van der Waals surface area contributed by atoms with Crippen molar-refractivity contribution in [3.63, 3.8) is 0 Å². The standard InChI is InChI=1S/C16H16FN5O2/c1-9-4-5-12(7-13(9)17)18-14(23)8-21-15(24)6-10(2)22-11(3)19-20-16(21)22/h4-7H,8H2,1-3H3,(H,18,23). The van der Waals surface area contributed by atoms with Crippen LogP contribution in [-0.2, 0) is 11.3 Å². The van der Waals surface area contributed by atoms with Crippen molar-refractivity contribution in [1.29, 1.82) is 0 Å². The summed E-state index contributed by atoms with van der Waals surface area (Å²) in [5.74, 6) is 0.0579. The summed E-state index contributed by atoms with van der Waals surface area (Å²) in [6, 6.07) is 5.83. The number of hydrogen-bond donors (Lipinski definition) is 1. The van der Waals surface area contributed by atoms with Gasteiger partial charge in [0.2, 0.25) is 11.7 Å². The van der Waals surface area contributed by atoms with Gasteiger partial charge >= 0.3 is 0 Å². The second-order valence-corrected chi connectivity index (χ2v) is 5.60. The van der Waals surface area contributed by atoms with Gasteiger partial charge in [0.1, 0.15) is 18.2 Å². The molecule has 0 aliphatic heterocycles. The van der Waals surface area contributed by atoms with Gasteiger partial charge < -0.3 is 5.32 Å². The molecule has 7 nitrogen and oxygen atoms in total. The van der Waals surface area contributed by atoms with Crippen LogP contribution in [0, 0.1) is 26.6 Å². The van der Waals surface area contributed by atoms with Crippen LogP contribution in [0.3, 0.4) is 0 Å². The molecule has 3 rings (SSSR count). The predicted molar refractivity (Wildman–Crippen MR) is 86.5 cm³/mol. The van der Waals surface area contributed by atoms with Crippen molar-refractivity contribution in [2.24, 2.45) is 0 Å². The normalized spacial score (nSPS) is 11.0. The Kier molecular flexibility index (Phi) is 3.88. The first-order chi connectivity index (χ1) is 11.4. The van der Waals surface area contributed by atoms with Crippen LogP contribution in [0.15, 0.2) is 29.1 Å². The Bertz CT molecular complexity index is 1010. The van der Waals surface area contributed by atoms with Crippen LogP contribution in [0.5, 0.6) is 0 Å². The number of halogens is 1. The molecule has 2 aromatic heterocycles. The Morgan fingerprint density at radius 2 is 1.96 bits per heavy atom. The highest BCUT2D eigenvalue weighted by Crippen LogP contribution is 2.13. The Morgan fingerprint density at radius 1 is 1.21 bits per heavy atom. The third-order valence-electron chi connectivity index (χ3n) is 3.76. The molecule has 0 bridgehead atoms. The Hall–Kier alpha value is -3.03. The minimum Gasteiger partial charge on any atom is -0.324 e. The van der Waals surface area contributed by atoms with Crippen molar-refractivity contribution in [3.8, 4) is 0 Å². The third-order valence-corrected chi connectivity index (χ3v) is 3.76. The molecule has 0 saturated heterocycles. The molecule has 0 atom stereocenters. The van der Waals surface area contributed by atoms with Gasteiger partial charge in [-0.15, -0.1) is 10.2 Å². The maximum Gasteiger partial charge on any atom is 0.255 e. The van der Waals surface area contributed by atoms with Gasteiger partial charge in [0.15, 0.2) is 0 Å². The average Bonchev–Trinajstić information content (AvgIpc) is 2.89. The van der Waals surface area contributed by atoms with Gasteiger partial charge in [-0.2, -0.15) is 0 Å². The average molecular weight is 329 g/mol. The van der Waals surface area contributed by atoms with Gasteiger partial charge in [-0.05, 0) is 38.5 Å². The van der Waals surface area contributed by atoms with Crippen LogP contribution in [0.25, 0.3) is 5.78 Å². The fourth-order valence-electron chi connectivity index (χ4n) is 2.52. The number of nitrogens with one attached hydrogen (secondary N) is 1. The minimum atomic E-state index is -0.452. The summed E-state index contributed by atoms with van der Waals surface area (Å²) in [4.78, 5) is 24.4. The number of fused-ring (bicyclic) bond motifs is 1. The third kappa shape index (κ3) is 2.78. The van der Waals surface area contributed by atoms with Crippen molar-refractivity contribution in [3.05, 3.63) is 57.5 Å². The molecule has 0 spiro atoms. The Labute approximate surface area is 136 Å². The summed E-state index contributed by atoms with van der Waals surface area (Å²) in [6.45, 7) is 4.93. The van der Waals surface area contributed by atoms with E-state index in [0.717, 1.165) is 0 Å². The summed E-state index contributed by atoms with van der Waals surface area (Å²) in [5, 5.41) is 10.5. The van der Waals surface area contributed by atoms with E-state index in [1.165, 1.54) is 16.7 Å². The second kappa shape index (κ2) is 5.88. The van der Waals surface area contributed by atoms with Crippen molar-refractivity contribution >= 4 is 17.4 Å². The molecule has 0 aliphatic rings. The molecule has 0 aliphatic carbocycles. The highest BCUT2D eigenvalue weighted by molar-refractivity contribution is 5.90. The van der Waals surface area contributed by atoms with Gasteiger partial charge in [0.05, 0.1) is 0 Å². The zero-order valence-corrected chi connectivity index (χ0v) is 13.5. The van der Waals surface area contributed by atoms with E-state index in [9.17, 15) is 14.0 Å². The lowest BCUT2D eigenvalue weighted by molar-refractivity contribution is -0.116. The van der Waals surface area contributed by atoms with E-state index in [4.69, 9.17) is 0 Å². The van der Waals surface area contributed by atoms with E-state index >= 15 is 0 Å². The fourth-order valence-corrected chi connectivity index (χ4v) is 2.52. The van der Waals surface area contributed by atoms with E-state index in [2.05, 4.69) is 15.5 Å². The van der Waals surface area contributed by atoms with Crippen LogP contribution >= 0.6 is 0 Å². The number of nitrogens with zero attached hydrogens (tertiary/aromatic N) is 4. The highest BCUT2D eigenvalue weighted by Gasteiger charge is 2.14. The van der Waals surface area contributed by atoms with Gasteiger partial charge in [0.25, 0.3) is 5.56 Å². The molecule has 8 heteroatoms. The summed E-state index contributed by atoms with van der Waals surface area (Å²) in [6.07, 6.45) is 0. The molecule has 0 saturated carbocycles. The van der Waals surface area contributed by atoms with Crippen molar-refractivity contribution < 1.29 is 9.18 Å². The number of hydrogen-bond acceptors (Lipinski definition) is 4. The minimum absolute atomic E-state index is 0.240. The Morgan fingerprint density at radius 3 is 2.67 bits per heavy atom. The van der Waals surface area contributed by atoms with Gasteiger partial charge in [0, 0.05) is 17.4 Å². The molecule has 124 valence electrons. The van der Waals surface area contributed by atoms with E-state index in [-0.39, 0.29) is 12.1 Å². The first kappa shape index (κ1) is 15.9. The SMILES string of the molecule is Cc1ccc(NC(=O)Cn2c(=O)cc(C)n3c(C)nnc23)cc1F. The zero-order valence-electron chi connectivity index (χ0n) is 13.5. The van der Waals surface area contributed by atoms with E-state index in [0.29, 0.717) is 28.5 Å². The van der Waals surface area contributed by atoms with Gasteiger partial charge in [-0.3, -0.25) is 18.6 Å². The maximum absolute atomic E-state index is 13.5. The van der Waals surface area contributed by atoms with E-state index in [1.807, 2.05) is 0 Å². The van der Waals surface area contributed by atoms with E-state index < -0.39 is 11.7 Å². The number of carbonyl (C=O) groups excluding carboxylic acids is 1. The lowest BCUT2D eigenvalue weighted by Crippen LogP contribution is -2.29. The molecule has 2 heterocycles. The number of amides is 1. The molecule has 1 amide bonds. The van der Waals surface area contributed by atoms with E-state index in [1.54, 1.807) is 37.3 Å².